The Balaban J connectivity index is 2.51. The summed E-state index contributed by atoms with van der Waals surface area (Å²) in [5.41, 5.74) is 0. The molecule has 4 nitrogen and oxygen atoms in total. The molecular weight excluding hydrogens is 236 g/mol. The number of carbonyl (C=O) groups excluding carboxylic acids is 1. The molecule has 82 valence electrons. The van der Waals surface area contributed by atoms with Gasteiger partial charge in [-0.05, 0) is 11.4 Å². The van der Waals surface area contributed by atoms with Crippen molar-refractivity contribution in [2.75, 3.05) is 11.7 Å². The highest BCUT2D eigenvalue weighted by molar-refractivity contribution is 7.91. The van der Waals surface area contributed by atoms with Crippen molar-refractivity contribution in [2.45, 2.75) is 0 Å². The third-order valence-electron chi connectivity index (χ3n) is 1.46. The van der Waals surface area contributed by atoms with E-state index in [4.69, 9.17) is 0 Å². The largest absolute Gasteiger partial charge is 0.445 e. The Morgan fingerprint density at radius 1 is 1.60 bits per heavy atom. The molecule has 0 radical (unpaired) electrons. The number of ether oxygens (including phenoxy) is 1. The zero-order valence-corrected chi connectivity index (χ0v) is 9.51. The fraction of sp³-hybridized carbons (Fsp3) is 0.222. The summed E-state index contributed by atoms with van der Waals surface area (Å²) in [6.45, 7) is 3.31. The predicted octanol–water partition coefficient (Wildman–Crippen LogP) is 1.46. The van der Waals surface area contributed by atoms with Crippen LogP contribution in [0.3, 0.4) is 0 Å². The molecule has 0 aliphatic carbocycles. The molecule has 0 fully saturated rings. The molecule has 0 N–H and O–H groups in total. The summed E-state index contributed by atoms with van der Waals surface area (Å²) in [4.78, 5) is 11.6. The summed E-state index contributed by atoms with van der Waals surface area (Å²) in [5.74, 6) is -1.40. The molecule has 6 heteroatoms. The molecule has 0 saturated carbocycles. The van der Waals surface area contributed by atoms with Crippen molar-refractivity contribution < 1.29 is 17.9 Å². The monoisotopic (exact) mass is 246 g/mol. The minimum absolute atomic E-state index is 0.190. The highest BCUT2D eigenvalue weighted by Crippen LogP contribution is 2.10. The van der Waals surface area contributed by atoms with Gasteiger partial charge in [0.1, 0.15) is 4.88 Å². The van der Waals surface area contributed by atoms with Crippen molar-refractivity contribution in [3.05, 3.63) is 35.0 Å². The van der Waals surface area contributed by atoms with Crippen LogP contribution in [0, 0.1) is 0 Å². The van der Waals surface area contributed by atoms with E-state index in [0.717, 1.165) is 0 Å². The summed E-state index contributed by atoms with van der Waals surface area (Å²) < 4.78 is 27.0. The number of hydrogen-bond donors (Lipinski definition) is 0. The van der Waals surface area contributed by atoms with Crippen LogP contribution >= 0.6 is 11.3 Å². The number of esters is 1. The van der Waals surface area contributed by atoms with Gasteiger partial charge in [-0.25, -0.2) is 13.2 Å². The van der Waals surface area contributed by atoms with Crippen molar-refractivity contribution in [3.63, 3.8) is 0 Å². The Hall–Kier alpha value is -1.14. The van der Waals surface area contributed by atoms with E-state index >= 15 is 0 Å². The fourth-order valence-corrected chi connectivity index (χ4v) is 2.19. The Morgan fingerprint density at radius 2 is 2.33 bits per heavy atom. The van der Waals surface area contributed by atoms with Gasteiger partial charge < -0.3 is 4.74 Å². The van der Waals surface area contributed by atoms with Crippen molar-refractivity contribution in [3.8, 4) is 0 Å². The molecule has 15 heavy (non-hydrogen) atoms. The average molecular weight is 246 g/mol. The van der Waals surface area contributed by atoms with Crippen molar-refractivity contribution in [1.82, 2.24) is 0 Å². The van der Waals surface area contributed by atoms with Crippen LogP contribution in [0.1, 0.15) is 9.67 Å². The van der Waals surface area contributed by atoms with Crippen LogP contribution in [0.2, 0.25) is 0 Å². The maximum absolute atomic E-state index is 11.3. The van der Waals surface area contributed by atoms with Gasteiger partial charge in [-0.3, -0.25) is 0 Å². The topological polar surface area (TPSA) is 60.4 Å². The summed E-state index contributed by atoms with van der Waals surface area (Å²) in [6.07, 6.45) is 1.26. The lowest BCUT2D eigenvalue weighted by atomic mass is 10.5. The van der Waals surface area contributed by atoms with Gasteiger partial charge in [0, 0.05) is 0 Å². The minimum Gasteiger partial charge on any atom is -0.445 e. The fourth-order valence-electron chi connectivity index (χ4n) is 0.837. The first-order valence-corrected chi connectivity index (χ1v) is 6.77. The molecular formula is C9H10O4S2. The van der Waals surface area contributed by atoms with Crippen LogP contribution in [-0.4, -0.2) is 26.1 Å². The van der Waals surface area contributed by atoms with Crippen molar-refractivity contribution >= 4 is 27.1 Å². The van der Waals surface area contributed by atoms with Gasteiger partial charge in [0.15, 0.2) is 15.8 Å². The molecule has 0 spiro atoms. The Kier molecular flexibility index (Phi) is 4.05. The standard InChI is InChI=1S/C9H10O4S2/c1-2-6-15(11,12)7-13-9(10)8-4-3-5-14-8/h2-5H,1,6-7H2. The first-order chi connectivity index (χ1) is 7.05. The van der Waals surface area contributed by atoms with Crippen LogP contribution in [0.15, 0.2) is 30.2 Å². The number of hydrogen-bond acceptors (Lipinski definition) is 5. The summed E-state index contributed by atoms with van der Waals surface area (Å²) in [7, 11) is -3.37. The molecule has 1 rings (SSSR count). The second-order valence-electron chi connectivity index (χ2n) is 2.73. The molecule has 1 aromatic rings. The molecule has 1 aromatic heterocycles. The van der Waals surface area contributed by atoms with E-state index < -0.39 is 21.7 Å². The van der Waals surface area contributed by atoms with Gasteiger partial charge in [-0.2, -0.15) is 0 Å². The van der Waals surface area contributed by atoms with Gasteiger partial charge in [0.05, 0.1) is 5.75 Å². The first-order valence-electron chi connectivity index (χ1n) is 4.07. The number of rotatable bonds is 5. The molecule has 0 aromatic carbocycles. The van der Waals surface area contributed by atoms with Crippen molar-refractivity contribution in [2.24, 2.45) is 0 Å². The number of carbonyl (C=O) groups is 1. The van der Waals surface area contributed by atoms with E-state index in [1.807, 2.05) is 0 Å². The zero-order chi connectivity index (χ0) is 11.3. The summed E-state index contributed by atoms with van der Waals surface area (Å²) >= 11 is 1.21. The average Bonchev–Trinajstić information content (AvgIpc) is 2.67. The van der Waals surface area contributed by atoms with Gasteiger partial charge in [0.25, 0.3) is 0 Å². The second-order valence-corrected chi connectivity index (χ2v) is 5.73. The van der Waals surface area contributed by atoms with Crippen LogP contribution in [0.4, 0.5) is 0 Å². The predicted molar refractivity (Wildman–Crippen MR) is 58.6 cm³/mol. The Labute approximate surface area is 92.1 Å². The van der Waals surface area contributed by atoms with Gasteiger partial charge in [-0.15, -0.1) is 17.9 Å². The van der Waals surface area contributed by atoms with E-state index in [9.17, 15) is 13.2 Å². The lowest BCUT2D eigenvalue weighted by Crippen LogP contribution is -2.15. The van der Waals surface area contributed by atoms with E-state index in [-0.39, 0.29) is 5.75 Å². The number of thiophene rings is 1. The molecule has 0 aliphatic rings. The molecule has 0 saturated heterocycles. The summed E-state index contributed by atoms with van der Waals surface area (Å²) in [6, 6.07) is 3.27. The van der Waals surface area contributed by atoms with E-state index in [2.05, 4.69) is 11.3 Å². The van der Waals surface area contributed by atoms with Gasteiger partial charge in [-0.1, -0.05) is 12.1 Å². The lowest BCUT2D eigenvalue weighted by molar-refractivity contribution is 0.0577. The van der Waals surface area contributed by atoms with Gasteiger partial charge >= 0.3 is 5.97 Å². The van der Waals surface area contributed by atoms with Crippen LogP contribution in [0.25, 0.3) is 0 Å². The smallest absolute Gasteiger partial charge is 0.349 e. The van der Waals surface area contributed by atoms with Crippen LogP contribution in [0.5, 0.6) is 0 Å². The first kappa shape index (κ1) is 11.9. The molecule has 1 heterocycles. The van der Waals surface area contributed by atoms with Gasteiger partial charge in [0.2, 0.25) is 0 Å². The Bertz CT molecular complexity index is 431. The quantitative estimate of drug-likeness (QED) is 0.583. The molecule has 0 aliphatic heterocycles. The molecule has 0 bridgehead atoms. The lowest BCUT2D eigenvalue weighted by Gasteiger charge is -2.02. The molecule has 0 amide bonds. The van der Waals surface area contributed by atoms with E-state index in [1.54, 1.807) is 17.5 Å². The molecule has 0 atom stereocenters. The number of sulfone groups is 1. The van der Waals surface area contributed by atoms with E-state index in [0.29, 0.717) is 4.88 Å². The highest BCUT2D eigenvalue weighted by atomic mass is 32.2. The summed E-state index contributed by atoms with van der Waals surface area (Å²) in [5, 5.41) is 1.72. The third kappa shape index (κ3) is 3.85. The third-order valence-corrected chi connectivity index (χ3v) is 3.53. The maximum atomic E-state index is 11.3. The van der Waals surface area contributed by atoms with Crippen LogP contribution < -0.4 is 0 Å². The second kappa shape index (κ2) is 5.09. The minimum atomic E-state index is -3.37. The normalized spacial score (nSPS) is 10.9. The zero-order valence-electron chi connectivity index (χ0n) is 7.88. The molecule has 0 unspecified atom stereocenters. The van der Waals surface area contributed by atoms with Crippen molar-refractivity contribution in [1.29, 1.82) is 0 Å². The SMILES string of the molecule is C=CCS(=O)(=O)COC(=O)c1cccs1. The Morgan fingerprint density at radius 3 is 2.87 bits per heavy atom. The van der Waals surface area contributed by atoms with E-state index in [1.165, 1.54) is 17.4 Å². The highest BCUT2D eigenvalue weighted by Gasteiger charge is 2.14. The maximum Gasteiger partial charge on any atom is 0.349 e. The van der Waals surface area contributed by atoms with Crippen LogP contribution in [-0.2, 0) is 14.6 Å².